The number of ether oxygens (including phenoxy) is 1. The first-order valence-electron chi connectivity index (χ1n) is 8.13. The van der Waals surface area contributed by atoms with E-state index in [9.17, 15) is 14.4 Å². The average molecular weight is 339 g/mol. The van der Waals surface area contributed by atoms with Crippen molar-refractivity contribution in [3.8, 4) is 0 Å². The molecular weight excluding hydrogens is 318 g/mol. The number of ketones is 1. The lowest BCUT2D eigenvalue weighted by Gasteiger charge is -2.14. The Morgan fingerprint density at radius 3 is 2.20 bits per heavy atom. The molecule has 5 nitrogen and oxygen atoms in total. The number of hydrogen-bond donors (Lipinski definition) is 1. The lowest BCUT2D eigenvalue weighted by molar-refractivity contribution is -0.149. The minimum Gasteiger partial charge on any atom is -0.455 e. The summed E-state index contributed by atoms with van der Waals surface area (Å²) in [5.41, 5.74) is 1.98. The lowest BCUT2D eigenvalue weighted by Crippen LogP contribution is -2.23. The number of benzene rings is 2. The summed E-state index contributed by atoms with van der Waals surface area (Å²) < 4.78 is 5.14. The van der Waals surface area contributed by atoms with E-state index in [1.807, 2.05) is 37.3 Å². The highest BCUT2D eigenvalue weighted by Crippen LogP contribution is 2.20. The fourth-order valence-electron chi connectivity index (χ4n) is 2.45. The molecule has 0 bridgehead atoms. The maximum absolute atomic E-state index is 12.2. The molecular formula is C20H21NO4. The molecule has 2 aromatic rings. The van der Waals surface area contributed by atoms with Gasteiger partial charge in [-0.3, -0.25) is 14.4 Å². The fourth-order valence-corrected chi connectivity index (χ4v) is 2.45. The molecule has 0 aliphatic rings. The third-order valence-corrected chi connectivity index (χ3v) is 3.82. The summed E-state index contributed by atoms with van der Waals surface area (Å²) in [7, 11) is 0. The zero-order chi connectivity index (χ0) is 18.2. The number of hydrogen-bond acceptors (Lipinski definition) is 4. The summed E-state index contributed by atoms with van der Waals surface area (Å²) in [5, 5.41) is 2.63. The van der Waals surface area contributed by atoms with Crippen molar-refractivity contribution in [2.45, 2.75) is 26.2 Å². The fraction of sp³-hybridized carbons (Fsp3) is 0.250. The first-order valence-corrected chi connectivity index (χ1v) is 8.13. The summed E-state index contributed by atoms with van der Waals surface area (Å²) in [6, 6.07) is 15.9. The second kappa shape index (κ2) is 8.78. The van der Waals surface area contributed by atoms with Crippen LogP contribution in [0.1, 0.15) is 42.1 Å². The van der Waals surface area contributed by atoms with Crippen LogP contribution in [-0.2, 0) is 14.3 Å². The normalized spacial score (nSPS) is 11.4. The van der Waals surface area contributed by atoms with Crippen LogP contribution in [0.3, 0.4) is 0 Å². The van der Waals surface area contributed by atoms with E-state index in [1.54, 1.807) is 24.3 Å². The molecule has 2 aromatic carbocycles. The van der Waals surface area contributed by atoms with E-state index >= 15 is 0 Å². The molecule has 0 spiro atoms. The van der Waals surface area contributed by atoms with Crippen LogP contribution < -0.4 is 5.32 Å². The third-order valence-electron chi connectivity index (χ3n) is 3.82. The van der Waals surface area contributed by atoms with E-state index in [2.05, 4.69) is 5.32 Å². The molecule has 0 aliphatic carbocycles. The summed E-state index contributed by atoms with van der Waals surface area (Å²) in [6.07, 6.45) is 0.594. The van der Waals surface area contributed by atoms with Crippen LogP contribution in [0.15, 0.2) is 54.6 Å². The van der Waals surface area contributed by atoms with E-state index in [0.717, 1.165) is 5.56 Å². The topological polar surface area (TPSA) is 72.5 Å². The molecule has 0 saturated carbocycles. The molecule has 1 amide bonds. The number of carbonyl (C=O) groups is 3. The van der Waals surface area contributed by atoms with Crippen molar-refractivity contribution in [2.75, 3.05) is 11.9 Å². The van der Waals surface area contributed by atoms with Gasteiger partial charge in [-0.25, -0.2) is 0 Å². The Labute approximate surface area is 147 Å². The van der Waals surface area contributed by atoms with Gasteiger partial charge in [0.15, 0.2) is 12.4 Å². The molecule has 0 heterocycles. The molecule has 0 aliphatic heterocycles. The van der Waals surface area contributed by atoms with Gasteiger partial charge < -0.3 is 10.1 Å². The van der Waals surface area contributed by atoms with Gasteiger partial charge in [0.05, 0.1) is 5.92 Å². The zero-order valence-electron chi connectivity index (χ0n) is 14.3. The highest BCUT2D eigenvalue weighted by atomic mass is 16.5. The number of rotatable bonds is 7. The Balaban J connectivity index is 1.88. The molecule has 0 saturated heterocycles. The van der Waals surface area contributed by atoms with Gasteiger partial charge in [0, 0.05) is 11.3 Å². The van der Waals surface area contributed by atoms with Gasteiger partial charge >= 0.3 is 5.97 Å². The number of anilines is 1. The van der Waals surface area contributed by atoms with E-state index in [0.29, 0.717) is 17.7 Å². The van der Waals surface area contributed by atoms with E-state index in [4.69, 9.17) is 4.74 Å². The van der Waals surface area contributed by atoms with Crippen molar-refractivity contribution >= 4 is 23.3 Å². The van der Waals surface area contributed by atoms with Gasteiger partial charge in [-0.15, -0.1) is 0 Å². The molecule has 0 aromatic heterocycles. The lowest BCUT2D eigenvalue weighted by atomic mass is 9.97. The van der Waals surface area contributed by atoms with Crippen molar-refractivity contribution in [2.24, 2.45) is 0 Å². The van der Waals surface area contributed by atoms with Crippen molar-refractivity contribution in [3.63, 3.8) is 0 Å². The summed E-state index contributed by atoms with van der Waals surface area (Å²) >= 11 is 0. The monoisotopic (exact) mass is 339 g/mol. The highest BCUT2D eigenvalue weighted by molar-refractivity contribution is 5.96. The van der Waals surface area contributed by atoms with Crippen LogP contribution in [0.5, 0.6) is 0 Å². The van der Waals surface area contributed by atoms with Crippen molar-refractivity contribution in [3.05, 3.63) is 65.7 Å². The Morgan fingerprint density at radius 1 is 1.00 bits per heavy atom. The Kier molecular flexibility index (Phi) is 6.46. The molecule has 1 N–H and O–H groups in total. The first-order chi connectivity index (χ1) is 12.0. The summed E-state index contributed by atoms with van der Waals surface area (Å²) in [6.45, 7) is 3.02. The predicted octanol–water partition coefficient (Wildman–Crippen LogP) is 3.56. The van der Waals surface area contributed by atoms with Crippen LogP contribution in [0, 0.1) is 0 Å². The molecule has 2 rings (SSSR count). The van der Waals surface area contributed by atoms with Gasteiger partial charge in [0.2, 0.25) is 0 Å². The number of esters is 1. The van der Waals surface area contributed by atoms with Crippen LogP contribution in [0.25, 0.3) is 0 Å². The Bertz CT molecular complexity index is 738. The van der Waals surface area contributed by atoms with Crippen molar-refractivity contribution in [1.82, 2.24) is 0 Å². The second-order valence-corrected chi connectivity index (χ2v) is 5.66. The van der Waals surface area contributed by atoms with Crippen molar-refractivity contribution in [1.29, 1.82) is 0 Å². The molecule has 1 unspecified atom stereocenters. The highest BCUT2D eigenvalue weighted by Gasteiger charge is 2.20. The van der Waals surface area contributed by atoms with Gasteiger partial charge in [0.1, 0.15) is 0 Å². The second-order valence-electron chi connectivity index (χ2n) is 5.66. The largest absolute Gasteiger partial charge is 0.455 e. The average Bonchev–Trinajstić information content (AvgIpc) is 2.62. The molecule has 1 atom stereocenters. The Morgan fingerprint density at radius 2 is 1.64 bits per heavy atom. The smallest absolute Gasteiger partial charge is 0.313 e. The van der Waals surface area contributed by atoms with Crippen LogP contribution in [-0.4, -0.2) is 24.3 Å². The van der Waals surface area contributed by atoms with Gasteiger partial charge in [-0.1, -0.05) is 37.3 Å². The minimum atomic E-state index is -0.424. The molecule has 130 valence electrons. The van der Waals surface area contributed by atoms with Crippen molar-refractivity contribution < 1.29 is 19.1 Å². The third kappa shape index (κ3) is 5.28. The minimum absolute atomic E-state index is 0.0432. The van der Waals surface area contributed by atoms with E-state index in [-0.39, 0.29) is 18.3 Å². The van der Waals surface area contributed by atoms with Crippen LogP contribution in [0.2, 0.25) is 0 Å². The number of Topliss-reactive ketones (excluding diaryl/α,β-unsaturated/α-hetero) is 1. The SMILES string of the molecule is CCC(C(=O)OCC(=O)Nc1ccc(C(C)=O)cc1)c1ccccc1. The van der Waals surface area contributed by atoms with Gasteiger partial charge in [-0.05, 0) is 43.2 Å². The van der Waals surface area contributed by atoms with E-state index in [1.165, 1.54) is 6.92 Å². The summed E-state index contributed by atoms with van der Waals surface area (Å²) in [4.78, 5) is 35.4. The summed E-state index contributed by atoms with van der Waals surface area (Å²) in [5.74, 6) is -1.27. The van der Waals surface area contributed by atoms with Crippen LogP contribution in [0.4, 0.5) is 5.69 Å². The maximum Gasteiger partial charge on any atom is 0.313 e. The predicted molar refractivity (Wildman–Crippen MR) is 95.5 cm³/mol. The quantitative estimate of drug-likeness (QED) is 0.618. The van der Waals surface area contributed by atoms with E-state index < -0.39 is 11.9 Å². The number of carbonyl (C=O) groups excluding carboxylic acids is 3. The molecule has 25 heavy (non-hydrogen) atoms. The zero-order valence-corrected chi connectivity index (χ0v) is 14.3. The molecule has 0 fully saturated rings. The number of nitrogens with one attached hydrogen (secondary N) is 1. The maximum atomic E-state index is 12.2. The van der Waals surface area contributed by atoms with Gasteiger partial charge in [0.25, 0.3) is 5.91 Å². The van der Waals surface area contributed by atoms with Gasteiger partial charge in [-0.2, -0.15) is 0 Å². The number of amides is 1. The first kappa shape index (κ1) is 18.4. The standard InChI is InChI=1S/C20H21NO4/c1-3-18(16-7-5-4-6-8-16)20(24)25-13-19(23)21-17-11-9-15(10-12-17)14(2)22/h4-12,18H,3,13H2,1-2H3,(H,21,23). The van der Waals surface area contributed by atoms with Crippen LogP contribution >= 0.6 is 0 Å². The molecule has 0 radical (unpaired) electrons. The molecule has 5 heteroatoms. The Hall–Kier alpha value is -2.95.